The zero-order chi connectivity index (χ0) is 22.1. The molecular weight excluding hydrogens is 410 g/mol. The number of benzene rings is 3. The summed E-state index contributed by atoms with van der Waals surface area (Å²) in [7, 11) is 1.59. The molecule has 31 heavy (non-hydrogen) atoms. The van der Waals surface area contributed by atoms with Crippen molar-refractivity contribution in [3.63, 3.8) is 0 Å². The van der Waals surface area contributed by atoms with Crippen LogP contribution in [0.25, 0.3) is 17.2 Å². The molecule has 7 heteroatoms. The summed E-state index contributed by atoms with van der Waals surface area (Å²) in [6.07, 6.45) is 2.99. The highest BCUT2D eigenvalue weighted by Gasteiger charge is 2.07. The highest BCUT2D eigenvalue weighted by atomic mass is 32.1. The van der Waals surface area contributed by atoms with Gasteiger partial charge in [-0.2, -0.15) is 0 Å². The van der Waals surface area contributed by atoms with Crippen LogP contribution in [-0.4, -0.2) is 24.0 Å². The number of methoxy groups -OCH3 is 1. The summed E-state index contributed by atoms with van der Waals surface area (Å²) >= 11 is 5.04. The van der Waals surface area contributed by atoms with E-state index in [4.69, 9.17) is 17.0 Å². The van der Waals surface area contributed by atoms with Crippen LogP contribution in [0.3, 0.4) is 0 Å². The molecule has 3 N–H and O–H groups in total. The molecule has 3 rings (SSSR count). The molecule has 0 aromatic heterocycles. The minimum absolute atomic E-state index is 0.0152. The SMILES string of the molecule is COc1ccc(C=CC(=O)NC(=S)NNC(=O)c2ccc(-c3ccccc3)cc2)cc1. The van der Waals surface area contributed by atoms with E-state index in [1.165, 1.54) is 6.08 Å². The average Bonchev–Trinajstić information content (AvgIpc) is 2.82. The van der Waals surface area contributed by atoms with Gasteiger partial charge in [-0.1, -0.05) is 54.6 Å². The Bertz CT molecular complexity index is 1080. The van der Waals surface area contributed by atoms with Crippen molar-refractivity contribution in [3.05, 3.63) is 96.1 Å². The Morgan fingerprint density at radius 3 is 2.13 bits per heavy atom. The van der Waals surface area contributed by atoms with Crippen LogP contribution >= 0.6 is 12.2 Å². The molecule has 0 bridgehead atoms. The van der Waals surface area contributed by atoms with Crippen LogP contribution in [0, 0.1) is 0 Å². The Morgan fingerprint density at radius 2 is 1.48 bits per heavy atom. The lowest BCUT2D eigenvalue weighted by Gasteiger charge is -2.10. The zero-order valence-corrected chi connectivity index (χ0v) is 17.6. The number of hydrazine groups is 1. The number of thiocarbonyl (C=S) groups is 1. The van der Waals surface area contributed by atoms with Gasteiger partial charge in [-0.25, -0.2) is 0 Å². The summed E-state index contributed by atoms with van der Waals surface area (Å²) in [4.78, 5) is 24.2. The van der Waals surface area contributed by atoms with Crippen molar-refractivity contribution < 1.29 is 14.3 Å². The van der Waals surface area contributed by atoms with Crippen molar-refractivity contribution in [1.82, 2.24) is 16.2 Å². The van der Waals surface area contributed by atoms with Gasteiger partial charge in [0.25, 0.3) is 5.91 Å². The van der Waals surface area contributed by atoms with Crippen LogP contribution in [0.15, 0.2) is 84.9 Å². The number of amides is 2. The summed E-state index contributed by atoms with van der Waals surface area (Å²) in [6.45, 7) is 0. The third-order valence-electron chi connectivity index (χ3n) is 4.32. The fourth-order valence-electron chi connectivity index (χ4n) is 2.70. The third-order valence-corrected chi connectivity index (χ3v) is 4.53. The maximum atomic E-state index is 12.3. The summed E-state index contributed by atoms with van der Waals surface area (Å²) in [6, 6.07) is 24.3. The number of hydrogen-bond acceptors (Lipinski definition) is 4. The van der Waals surface area contributed by atoms with E-state index in [0.29, 0.717) is 5.56 Å². The lowest BCUT2D eigenvalue weighted by Crippen LogP contribution is -2.48. The molecule has 0 aliphatic heterocycles. The predicted molar refractivity (Wildman–Crippen MR) is 125 cm³/mol. The minimum atomic E-state index is -0.421. The molecule has 0 spiro atoms. The molecule has 0 atom stereocenters. The average molecular weight is 432 g/mol. The van der Waals surface area contributed by atoms with Gasteiger partial charge in [0.2, 0.25) is 5.91 Å². The molecule has 2 amide bonds. The largest absolute Gasteiger partial charge is 0.497 e. The Kier molecular flexibility index (Phi) is 7.50. The van der Waals surface area contributed by atoms with Gasteiger partial charge in [0.05, 0.1) is 7.11 Å². The van der Waals surface area contributed by atoms with E-state index in [9.17, 15) is 9.59 Å². The molecule has 0 unspecified atom stereocenters. The van der Waals surface area contributed by atoms with E-state index < -0.39 is 5.91 Å². The van der Waals surface area contributed by atoms with Crippen LogP contribution < -0.4 is 20.9 Å². The Balaban J connectivity index is 1.46. The van der Waals surface area contributed by atoms with Crippen LogP contribution in [-0.2, 0) is 4.79 Å². The van der Waals surface area contributed by atoms with E-state index >= 15 is 0 Å². The van der Waals surface area contributed by atoms with Gasteiger partial charge >= 0.3 is 0 Å². The fraction of sp³-hybridized carbons (Fsp3) is 0.0417. The second-order valence-corrected chi connectivity index (χ2v) is 6.86. The van der Waals surface area contributed by atoms with E-state index in [-0.39, 0.29) is 11.0 Å². The lowest BCUT2D eigenvalue weighted by atomic mass is 10.0. The van der Waals surface area contributed by atoms with Crippen molar-refractivity contribution in [1.29, 1.82) is 0 Å². The predicted octanol–water partition coefficient (Wildman–Crippen LogP) is 3.71. The Morgan fingerprint density at radius 1 is 0.839 bits per heavy atom. The first-order valence-corrected chi connectivity index (χ1v) is 9.85. The summed E-state index contributed by atoms with van der Waals surface area (Å²) in [5, 5.41) is 2.45. The second kappa shape index (κ2) is 10.7. The molecule has 156 valence electrons. The first-order valence-electron chi connectivity index (χ1n) is 9.44. The van der Waals surface area contributed by atoms with E-state index in [1.54, 1.807) is 37.5 Å². The number of carbonyl (C=O) groups is 2. The van der Waals surface area contributed by atoms with Gasteiger partial charge < -0.3 is 4.74 Å². The smallest absolute Gasteiger partial charge is 0.269 e. The normalized spacial score (nSPS) is 10.4. The minimum Gasteiger partial charge on any atom is -0.497 e. The highest BCUT2D eigenvalue weighted by Crippen LogP contribution is 2.19. The Hall–Kier alpha value is -3.97. The molecule has 0 aliphatic rings. The third kappa shape index (κ3) is 6.52. The maximum absolute atomic E-state index is 12.3. The molecule has 3 aromatic carbocycles. The van der Waals surface area contributed by atoms with Gasteiger partial charge in [-0.15, -0.1) is 0 Å². The second-order valence-electron chi connectivity index (χ2n) is 6.45. The molecule has 0 aliphatic carbocycles. The van der Waals surface area contributed by atoms with Gasteiger partial charge in [0.15, 0.2) is 5.11 Å². The zero-order valence-electron chi connectivity index (χ0n) is 16.8. The van der Waals surface area contributed by atoms with Gasteiger partial charge in [-0.05, 0) is 59.2 Å². The molecule has 0 saturated heterocycles. The van der Waals surface area contributed by atoms with Crippen LogP contribution in [0.1, 0.15) is 15.9 Å². The number of rotatable bonds is 5. The van der Waals surface area contributed by atoms with Crippen LogP contribution in [0.4, 0.5) is 0 Å². The quantitative estimate of drug-likeness (QED) is 0.326. The lowest BCUT2D eigenvalue weighted by molar-refractivity contribution is -0.115. The monoisotopic (exact) mass is 431 g/mol. The fourth-order valence-corrected chi connectivity index (χ4v) is 2.85. The van der Waals surface area contributed by atoms with Crippen molar-refractivity contribution in [2.24, 2.45) is 0 Å². The first kappa shape index (κ1) is 21.7. The van der Waals surface area contributed by atoms with Gasteiger partial charge in [0, 0.05) is 11.6 Å². The number of ether oxygens (including phenoxy) is 1. The van der Waals surface area contributed by atoms with Gasteiger partial charge in [-0.3, -0.25) is 25.8 Å². The molecule has 0 saturated carbocycles. The van der Waals surface area contributed by atoms with Crippen LogP contribution in [0.5, 0.6) is 5.75 Å². The number of carbonyl (C=O) groups excluding carboxylic acids is 2. The van der Waals surface area contributed by atoms with Crippen molar-refractivity contribution >= 4 is 35.2 Å². The molecule has 0 fully saturated rings. The van der Waals surface area contributed by atoms with E-state index in [2.05, 4.69) is 16.2 Å². The van der Waals surface area contributed by atoms with Crippen LogP contribution in [0.2, 0.25) is 0 Å². The molecule has 0 radical (unpaired) electrons. The van der Waals surface area contributed by atoms with Crippen molar-refractivity contribution in [2.45, 2.75) is 0 Å². The summed E-state index contributed by atoms with van der Waals surface area (Å²) in [5.41, 5.74) is 8.36. The summed E-state index contributed by atoms with van der Waals surface area (Å²) in [5.74, 6) is -0.0582. The van der Waals surface area contributed by atoms with Gasteiger partial charge in [0.1, 0.15) is 5.75 Å². The number of hydrogen-bond donors (Lipinski definition) is 3. The molecule has 0 heterocycles. The van der Waals surface area contributed by atoms with E-state index in [0.717, 1.165) is 22.4 Å². The highest BCUT2D eigenvalue weighted by molar-refractivity contribution is 7.80. The molecular formula is C24H21N3O3S. The first-order chi connectivity index (χ1) is 15.0. The Labute approximate surface area is 185 Å². The van der Waals surface area contributed by atoms with E-state index in [1.807, 2.05) is 54.6 Å². The van der Waals surface area contributed by atoms with Crippen molar-refractivity contribution in [3.8, 4) is 16.9 Å². The van der Waals surface area contributed by atoms with Crippen molar-refractivity contribution in [2.75, 3.05) is 7.11 Å². The molecule has 3 aromatic rings. The topological polar surface area (TPSA) is 79.5 Å². The standard InChI is InChI=1S/C24H21N3O3S/c1-30-21-14-7-17(8-15-21)9-16-22(28)25-24(31)27-26-23(29)20-12-10-19(11-13-20)18-5-3-2-4-6-18/h2-16H,1H3,(H,26,29)(H2,25,27,28,31). The number of nitrogens with one attached hydrogen (secondary N) is 3. The maximum Gasteiger partial charge on any atom is 0.269 e. The summed E-state index contributed by atoms with van der Waals surface area (Å²) < 4.78 is 5.09. The molecule has 6 nitrogen and oxygen atoms in total.